The molecular formula is C19H29N3O. The van der Waals surface area contributed by atoms with Gasteiger partial charge in [-0.25, -0.2) is 0 Å². The molecule has 1 aromatic rings. The van der Waals surface area contributed by atoms with E-state index in [0.29, 0.717) is 6.61 Å². The minimum absolute atomic E-state index is 0.649. The van der Waals surface area contributed by atoms with E-state index in [2.05, 4.69) is 46.0 Å². The molecule has 2 rings (SSSR count). The van der Waals surface area contributed by atoms with E-state index < -0.39 is 0 Å². The normalized spacial score (nSPS) is 15.2. The maximum atomic E-state index is 5.18. The van der Waals surface area contributed by atoms with E-state index in [1.807, 2.05) is 7.05 Å². The number of nitrogens with one attached hydrogen (secondary N) is 2. The summed E-state index contributed by atoms with van der Waals surface area (Å²) >= 11 is 0. The molecule has 0 heterocycles. The molecule has 0 atom stereocenters. The van der Waals surface area contributed by atoms with Crippen LogP contribution in [0.1, 0.15) is 43.2 Å². The highest BCUT2D eigenvalue weighted by atomic mass is 16.5. The van der Waals surface area contributed by atoms with Gasteiger partial charge in [0.2, 0.25) is 0 Å². The third-order valence-electron chi connectivity index (χ3n) is 4.11. The van der Waals surface area contributed by atoms with Crippen molar-refractivity contribution in [2.24, 2.45) is 4.99 Å². The molecule has 0 saturated heterocycles. The molecule has 0 unspecified atom stereocenters. The first-order chi connectivity index (χ1) is 11.3. The van der Waals surface area contributed by atoms with Gasteiger partial charge in [-0.05, 0) is 43.2 Å². The number of aliphatic imine (C=N–C) groups is 1. The van der Waals surface area contributed by atoms with Crippen LogP contribution in [0.15, 0.2) is 40.9 Å². The summed E-state index contributed by atoms with van der Waals surface area (Å²) in [6.07, 6.45) is 8.73. The van der Waals surface area contributed by atoms with Gasteiger partial charge < -0.3 is 15.4 Å². The summed E-state index contributed by atoms with van der Waals surface area (Å²) in [5.74, 6) is 0.860. The number of nitrogens with zero attached hydrogens (tertiary/aromatic N) is 1. The number of hydrogen-bond acceptors (Lipinski definition) is 2. The molecule has 0 bridgehead atoms. The van der Waals surface area contributed by atoms with Gasteiger partial charge >= 0.3 is 0 Å². The zero-order valence-electron chi connectivity index (χ0n) is 14.4. The summed E-state index contributed by atoms with van der Waals surface area (Å²) in [4.78, 5) is 4.29. The second-order valence-corrected chi connectivity index (χ2v) is 5.96. The van der Waals surface area contributed by atoms with E-state index in [-0.39, 0.29) is 0 Å². The first-order valence-electron chi connectivity index (χ1n) is 8.51. The summed E-state index contributed by atoms with van der Waals surface area (Å²) in [7, 11) is 3.54. The molecule has 0 radical (unpaired) electrons. The van der Waals surface area contributed by atoms with Crippen molar-refractivity contribution in [2.45, 2.75) is 45.3 Å². The van der Waals surface area contributed by atoms with Crippen LogP contribution >= 0.6 is 0 Å². The van der Waals surface area contributed by atoms with Crippen LogP contribution in [0.25, 0.3) is 0 Å². The Hall–Kier alpha value is -1.81. The number of hydrogen-bond donors (Lipinski definition) is 2. The highest BCUT2D eigenvalue weighted by molar-refractivity contribution is 5.79. The van der Waals surface area contributed by atoms with Crippen molar-refractivity contribution in [3.05, 3.63) is 47.0 Å². The molecule has 0 amide bonds. The Balaban J connectivity index is 1.74. The molecule has 4 heteroatoms. The molecule has 23 heavy (non-hydrogen) atoms. The summed E-state index contributed by atoms with van der Waals surface area (Å²) < 4.78 is 5.18. The molecule has 0 saturated carbocycles. The molecule has 126 valence electrons. The fourth-order valence-electron chi connectivity index (χ4n) is 2.88. The second-order valence-electron chi connectivity index (χ2n) is 5.96. The third kappa shape index (κ3) is 6.45. The lowest BCUT2D eigenvalue weighted by molar-refractivity contribution is 0.185. The smallest absolute Gasteiger partial charge is 0.191 e. The number of benzene rings is 1. The van der Waals surface area contributed by atoms with Crippen LogP contribution in [0.3, 0.4) is 0 Å². The van der Waals surface area contributed by atoms with Crippen LogP contribution in [0.2, 0.25) is 0 Å². The van der Waals surface area contributed by atoms with Crippen molar-refractivity contribution >= 4 is 5.96 Å². The average Bonchev–Trinajstić information content (AvgIpc) is 2.59. The monoisotopic (exact) mass is 315 g/mol. The predicted octanol–water partition coefficient (Wildman–Crippen LogP) is 3.39. The quantitative estimate of drug-likeness (QED) is 0.460. The minimum Gasteiger partial charge on any atom is -0.380 e. The van der Waals surface area contributed by atoms with Crippen molar-refractivity contribution in [3.63, 3.8) is 0 Å². The van der Waals surface area contributed by atoms with Gasteiger partial charge in [0.15, 0.2) is 5.96 Å². The van der Waals surface area contributed by atoms with Crippen molar-refractivity contribution in [1.82, 2.24) is 10.6 Å². The third-order valence-corrected chi connectivity index (χ3v) is 4.11. The van der Waals surface area contributed by atoms with Crippen LogP contribution < -0.4 is 10.6 Å². The Labute approximate surface area is 140 Å². The van der Waals surface area contributed by atoms with Crippen molar-refractivity contribution in [3.8, 4) is 0 Å². The van der Waals surface area contributed by atoms with Gasteiger partial charge in [0.05, 0.1) is 6.61 Å². The Kier molecular flexibility index (Phi) is 7.67. The van der Waals surface area contributed by atoms with Gasteiger partial charge in [0.1, 0.15) is 0 Å². The van der Waals surface area contributed by atoms with Crippen LogP contribution in [-0.4, -0.2) is 26.7 Å². The second kappa shape index (κ2) is 10.1. The number of guanidine groups is 1. The molecule has 1 aromatic carbocycles. The van der Waals surface area contributed by atoms with Crippen molar-refractivity contribution < 1.29 is 4.74 Å². The van der Waals surface area contributed by atoms with Gasteiger partial charge in [-0.3, -0.25) is 4.99 Å². The minimum atomic E-state index is 0.649. The number of methoxy groups -OCH3 is 1. The molecule has 0 spiro atoms. The molecule has 0 fully saturated rings. The first-order valence-corrected chi connectivity index (χ1v) is 8.51. The predicted molar refractivity (Wildman–Crippen MR) is 96.5 cm³/mol. The first kappa shape index (κ1) is 17.5. The van der Waals surface area contributed by atoms with E-state index in [4.69, 9.17) is 4.74 Å². The summed E-state index contributed by atoms with van der Waals surface area (Å²) in [6.45, 7) is 2.35. The summed E-state index contributed by atoms with van der Waals surface area (Å²) in [5, 5.41) is 6.77. The highest BCUT2D eigenvalue weighted by Gasteiger charge is 2.04. The van der Waals surface area contributed by atoms with Crippen LogP contribution in [-0.2, 0) is 17.9 Å². The molecule has 0 aliphatic heterocycles. The van der Waals surface area contributed by atoms with E-state index in [1.165, 1.54) is 36.8 Å². The van der Waals surface area contributed by atoms with Crippen molar-refractivity contribution in [1.29, 1.82) is 0 Å². The van der Waals surface area contributed by atoms with Gasteiger partial charge in [0, 0.05) is 27.2 Å². The van der Waals surface area contributed by atoms with Gasteiger partial charge in [0.25, 0.3) is 0 Å². The Bertz CT molecular complexity index is 537. The van der Waals surface area contributed by atoms with Crippen molar-refractivity contribution in [2.75, 3.05) is 20.7 Å². The fraction of sp³-hybridized carbons (Fsp3) is 0.526. The number of allylic oxidation sites excluding steroid dienone is 1. The largest absolute Gasteiger partial charge is 0.380 e. The maximum absolute atomic E-state index is 5.18. The van der Waals surface area contributed by atoms with Crippen LogP contribution in [0, 0.1) is 0 Å². The number of ether oxygens (including phenoxy) is 1. The topological polar surface area (TPSA) is 45.7 Å². The lowest BCUT2D eigenvalue weighted by atomic mass is 9.97. The Morgan fingerprint density at radius 2 is 2.09 bits per heavy atom. The standard InChI is InChI=1S/C19H29N3O/c1-20-19(21-12-11-16-7-4-3-5-8-16)22-14-17-9-6-10-18(13-17)15-23-2/h6-7,9-10,13H,3-5,8,11-12,14-15H2,1-2H3,(H2,20,21,22). The molecule has 1 aliphatic carbocycles. The zero-order chi connectivity index (χ0) is 16.3. The lowest BCUT2D eigenvalue weighted by Gasteiger charge is -2.15. The van der Waals surface area contributed by atoms with E-state index in [0.717, 1.165) is 25.5 Å². The maximum Gasteiger partial charge on any atom is 0.191 e. The lowest BCUT2D eigenvalue weighted by Crippen LogP contribution is -2.37. The Morgan fingerprint density at radius 1 is 1.22 bits per heavy atom. The molecule has 1 aliphatic rings. The highest BCUT2D eigenvalue weighted by Crippen LogP contribution is 2.19. The van der Waals surface area contributed by atoms with Crippen LogP contribution in [0.4, 0.5) is 0 Å². The van der Waals surface area contributed by atoms with E-state index in [9.17, 15) is 0 Å². The zero-order valence-corrected chi connectivity index (χ0v) is 14.4. The van der Waals surface area contributed by atoms with E-state index >= 15 is 0 Å². The molecular weight excluding hydrogens is 286 g/mol. The molecule has 0 aromatic heterocycles. The van der Waals surface area contributed by atoms with E-state index in [1.54, 1.807) is 12.7 Å². The van der Waals surface area contributed by atoms with Gasteiger partial charge in [-0.2, -0.15) is 0 Å². The average molecular weight is 315 g/mol. The SMILES string of the molecule is CN=C(NCCC1=CCCCC1)NCc1cccc(COC)c1. The molecule has 2 N–H and O–H groups in total. The molecule has 4 nitrogen and oxygen atoms in total. The summed E-state index contributed by atoms with van der Waals surface area (Å²) in [6, 6.07) is 8.43. The number of rotatable bonds is 7. The van der Waals surface area contributed by atoms with Gasteiger partial charge in [-0.1, -0.05) is 35.9 Å². The van der Waals surface area contributed by atoms with Crippen LogP contribution in [0.5, 0.6) is 0 Å². The van der Waals surface area contributed by atoms with Gasteiger partial charge in [-0.15, -0.1) is 0 Å². The fourth-order valence-corrected chi connectivity index (χ4v) is 2.88. The summed E-state index contributed by atoms with van der Waals surface area (Å²) in [5.41, 5.74) is 4.02. The Morgan fingerprint density at radius 3 is 2.83 bits per heavy atom.